The number of carbonyl (C=O) groups is 1. The lowest BCUT2D eigenvalue weighted by Crippen LogP contribution is -2.31. The summed E-state index contributed by atoms with van der Waals surface area (Å²) in [6.45, 7) is 3.81. The van der Waals surface area contributed by atoms with Gasteiger partial charge in [-0.15, -0.1) is 0 Å². The Morgan fingerprint density at radius 2 is 1.95 bits per heavy atom. The fraction of sp³-hybridized carbons (Fsp3) is 0.417. The lowest BCUT2D eigenvalue weighted by molar-refractivity contribution is -0.387. The Bertz CT molecular complexity index is 610. The fourth-order valence-corrected chi connectivity index (χ4v) is 2.70. The van der Waals surface area contributed by atoms with E-state index >= 15 is 0 Å². The number of rotatable bonds is 6. The van der Waals surface area contributed by atoms with Gasteiger partial charge in [0.25, 0.3) is 15.7 Å². The molecule has 0 aromatic heterocycles. The lowest BCUT2D eigenvalue weighted by Gasteiger charge is -2.08. The van der Waals surface area contributed by atoms with Gasteiger partial charge >= 0.3 is 0 Å². The van der Waals surface area contributed by atoms with Crippen LogP contribution in [0.1, 0.15) is 26.7 Å². The van der Waals surface area contributed by atoms with Crippen molar-refractivity contribution >= 4 is 21.6 Å². The van der Waals surface area contributed by atoms with Crippen molar-refractivity contribution in [3.8, 4) is 0 Å². The molecule has 0 heterocycles. The molecular weight excluding hydrogens is 284 g/mol. The third-order valence-corrected chi connectivity index (χ3v) is 3.97. The first-order chi connectivity index (χ1) is 9.24. The van der Waals surface area contributed by atoms with Crippen molar-refractivity contribution in [2.24, 2.45) is 5.92 Å². The average molecular weight is 300 g/mol. The van der Waals surface area contributed by atoms with Crippen molar-refractivity contribution in [1.82, 2.24) is 4.72 Å². The Labute approximate surface area is 117 Å². The van der Waals surface area contributed by atoms with E-state index in [0.717, 1.165) is 12.1 Å². The minimum atomic E-state index is -4.22. The molecule has 0 atom stereocenters. The molecule has 8 heteroatoms. The van der Waals surface area contributed by atoms with Gasteiger partial charge in [-0.25, -0.2) is 13.1 Å². The maximum Gasteiger partial charge on any atom is 0.289 e. The van der Waals surface area contributed by atoms with Crippen LogP contribution in [0.15, 0.2) is 29.2 Å². The van der Waals surface area contributed by atoms with Crippen molar-refractivity contribution in [3.05, 3.63) is 34.4 Å². The molecule has 0 radical (unpaired) electrons. The molecule has 0 aliphatic carbocycles. The molecule has 0 bridgehead atoms. The van der Waals surface area contributed by atoms with E-state index in [2.05, 4.69) is 0 Å². The van der Waals surface area contributed by atoms with E-state index in [1.54, 1.807) is 0 Å². The number of sulfonamides is 1. The summed E-state index contributed by atoms with van der Waals surface area (Å²) in [6.07, 6.45) is 0.593. The van der Waals surface area contributed by atoms with Crippen LogP contribution in [0, 0.1) is 16.0 Å². The normalized spacial score (nSPS) is 11.3. The molecule has 110 valence electrons. The van der Waals surface area contributed by atoms with Gasteiger partial charge in [-0.05, 0) is 18.4 Å². The topological polar surface area (TPSA) is 106 Å². The number of nitro groups is 1. The summed E-state index contributed by atoms with van der Waals surface area (Å²) in [4.78, 5) is 21.0. The summed E-state index contributed by atoms with van der Waals surface area (Å²) in [6, 6.07) is 4.89. The molecule has 0 saturated carbocycles. The van der Waals surface area contributed by atoms with Crippen LogP contribution in [0.2, 0.25) is 0 Å². The Morgan fingerprint density at radius 3 is 2.50 bits per heavy atom. The van der Waals surface area contributed by atoms with Gasteiger partial charge in [-0.3, -0.25) is 14.9 Å². The fourth-order valence-electron chi connectivity index (χ4n) is 1.51. The molecule has 0 spiro atoms. The minimum absolute atomic E-state index is 0.0531. The standard InChI is InChI=1S/C12H16N2O5S/c1-9(2)7-8-12(15)13-20(18,19)11-6-4-3-5-10(11)14(16)17/h3-6,9H,7-8H2,1-2H3,(H,13,15). The van der Waals surface area contributed by atoms with E-state index in [9.17, 15) is 23.3 Å². The summed E-state index contributed by atoms with van der Waals surface area (Å²) in [5.41, 5.74) is -0.559. The number of carbonyl (C=O) groups excluding carboxylic acids is 1. The monoisotopic (exact) mass is 300 g/mol. The van der Waals surface area contributed by atoms with E-state index in [-0.39, 0.29) is 12.3 Å². The zero-order valence-electron chi connectivity index (χ0n) is 11.2. The largest absolute Gasteiger partial charge is 0.289 e. The van der Waals surface area contributed by atoms with Gasteiger partial charge in [0, 0.05) is 12.5 Å². The summed E-state index contributed by atoms with van der Waals surface area (Å²) in [7, 11) is -4.22. The minimum Gasteiger partial charge on any atom is -0.274 e. The first kappa shape index (κ1) is 16.1. The highest BCUT2D eigenvalue weighted by Gasteiger charge is 2.26. The number of nitrogens with zero attached hydrogens (tertiary/aromatic N) is 1. The molecule has 1 aromatic rings. The number of para-hydroxylation sites is 1. The van der Waals surface area contributed by atoms with Crippen LogP contribution in [0.5, 0.6) is 0 Å². The maximum atomic E-state index is 12.0. The van der Waals surface area contributed by atoms with Crippen LogP contribution in [-0.4, -0.2) is 19.2 Å². The van der Waals surface area contributed by atoms with Crippen LogP contribution in [0.25, 0.3) is 0 Å². The van der Waals surface area contributed by atoms with Crippen molar-refractivity contribution in [1.29, 1.82) is 0 Å². The van der Waals surface area contributed by atoms with Crippen LogP contribution in [0.3, 0.4) is 0 Å². The Kier molecular flexibility index (Phi) is 5.20. The zero-order chi connectivity index (χ0) is 15.3. The number of amides is 1. The number of hydrogen-bond acceptors (Lipinski definition) is 5. The first-order valence-corrected chi connectivity index (χ1v) is 7.51. The van der Waals surface area contributed by atoms with Gasteiger partial charge in [-0.2, -0.15) is 0 Å². The predicted molar refractivity (Wildman–Crippen MR) is 72.5 cm³/mol. The number of nitro benzene ring substituents is 1. The number of nitrogens with one attached hydrogen (secondary N) is 1. The van der Waals surface area contributed by atoms with Crippen LogP contribution < -0.4 is 4.72 Å². The van der Waals surface area contributed by atoms with Gasteiger partial charge in [0.15, 0.2) is 4.90 Å². The molecule has 0 aliphatic rings. The summed E-state index contributed by atoms with van der Waals surface area (Å²) >= 11 is 0. The quantitative estimate of drug-likeness (QED) is 0.637. The molecular formula is C12H16N2O5S. The van der Waals surface area contributed by atoms with Crippen molar-refractivity contribution in [3.63, 3.8) is 0 Å². The highest BCUT2D eigenvalue weighted by atomic mass is 32.2. The van der Waals surface area contributed by atoms with E-state index in [0.29, 0.717) is 6.42 Å². The average Bonchev–Trinajstić information content (AvgIpc) is 2.36. The van der Waals surface area contributed by atoms with E-state index in [4.69, 9.17) is 0 Å². The molecule has 0 fully saturated rings. The number of benzene rings is 1. The first-order valence-electron chi connectivity index (χ1n) is 6.03. The lowest BCUT2D eigenvalue weighted by atomic mass is 10.1. The Morgan fingerprint density at radius 1 is 1.35 bits per heavy atom. The van der Waals surface area contributed by atoms with Gasteiger partial charge in [0.1, 0.15) is 0 Å². The molecule has 20 heavy (non-hydrogen) atoms. The molecule has 7 nitrogen and oxygen atoms in total. The molecule has 1 N–H and O–H groups in total. The predicted octanol–water partition coefficient (Wildman–Crippen LogP) is 1.84. The summed E-state index contributed by atoms with van der Waals surface area (Å²) in [5, 5.41) is 10.8. The molecule has 0 saturated heterocycles. The van der Waals surface area contributed by atoms with Crippen LogP contribution in [0.4, 0.5) is 5.69 Å². The van der Waals surface area contributed by atoms with Crippen molar-refractivity contribution in [2.45, 2.75) is 31.6 Å². The Balaban J connectivity index is 2.95. The third kappa shape index (κ3) is 4.30. The van der Waals surface area contributed by atoms with Gasteiger partial charge in [0.05, 0.1) is 4.92 Å². The highest BCUT2D eigenvalue weighted by molar-refractivity contribution is 7.90. The van der Waals surface area contributed by atoms with E-state index < -0.39 is 31.4 Å². The van der Waals surface area contributed by atoms with Gasteiger partial charge in [-0.1, -0.05) is 26.0 Å². The van der Waals surface area contributed by atoms with E-state index in [1.165, 1.54) is 12.1 Å². The van der Waals surface area contributed by atoms with Gasteiger partial charge < -0.3 is 0 Å². The zero-order valence-corrected chi connectivity index (χ0v) is 12.0. The number of hydrogen-bond donors (Lipinski definition) is 1. The van der Waals surface area contributed by atoms with Crippen molar-refractivity contribution < 1.29 is 18.1 Å². The van der Waals surface area contributed by atoms with Crippen LogP contribution >= 0.6 is 0 Å². The van der Waals surface area contributed by atoms with Gasteiger partial charge in [0.2, 0.25) is 5.91 Å². The Hall–Kier alpha value is -1.96. The molecule has 1 amide bonds. The maximum absolute atomic E-state index is 12.0. The second-order valence-electron chi connectivity index (χ2n) is 4.69. The second kappa shape index (κ2) is 6.47. The van der Waals surface area contributed by atoms with E-state index in [1.807, 2.05) is 18.6 Å². The molecule has 1 rings (SSSR count). The second-order valence-corrected chi connectivity index (χ2v) is 6.34. The smallest absolute Gasteiger partial charge is 0.274 e. The molecule has 0 aliphatic heterocycles. The molecule has 1 aromatic carbocycles. The van der Waals surface area contributed by atoms with Crippen molar-refractivity contribution in [2.75, 3.05) is 0 Å². The summed E-state index contributed by atoms with van der Waals surface area (Å²) < 4.78 is 25.8. The molecule has 0 unspecified atom stereocenters. The third-order valence-electron chi connectivity index (χ3n) is 2.55. The SMILES string of the molecule is CC(C)CCC(=O)NS(=O)(=O)c1ccccc1[N+](=O)[O-]. The highest BCUT2D eigenvalue weighted by Crippen LogP contribution is 2.22. The summed E-state index contributed by atoms with van der Waals surface area (Å²) in [5.74, 6) is -0.411. The van der Waals surface area contributed by atoms with Crippen LogP contribution in [-0.2, 0) is 14.8 Å².